The van der Waals surface area contributed by atoms with Gasteiger partial charge in [0.15, 0.2) is 0 Å². The molecule has 0 saturated carbocycles. The second-order valence-electron chi connectivity index (χ2n) is 4.61. The lowest BCUT2D eigenvalue weighted by molar-refractivity contribution is -0.0252. The fraction of sp³-hybridized carbons (Fsp3) is 0.667. The third-order valence-electron chi connectivity index (χ3n) is 3.03. The first-order valence-electron chi connectivity index (χ1n) is 6.18. The molecule has 0 aliphatic carbocycles. The van der Waals surface area contributed by atoms with Gasteiger partial charge in [0.05, 0.1) is 30.3 Å². The summed E-state index contributed by atoms with van der Waals surface area (Å²) in [6.45, 7) is 5.75. The molecular weight excluding hydrogens is 250 g/mol. The second-order valence-corrected chi connectivity index (χ2v) is 5.56. The Morgan fingerprint density at radius 2 is 2.22 bits per heavy atom. The zero-order valence-corrected chi connectivity index (χ0v) is 11.6. The maximum absolute atomic E-state index is 12.4. The van der Waals surface area contributed by atoms with Crippen molar-refractivity contribution in [3.63, 3.8) is 0 Å². The highest BCUT2D eigenvalue weighted by atomic mass is 32.1. The molecule has 2 rings (SSSR count). The Morgan fingerprint density at radius 1 is 1.56 bits per heavy atom. The van der Waals surface area contributed by atoms with Crippen molar-refractivity contribution in [2.24, 2.45) is 5.73 Å². The number of amides is 1. The number of nitrogens with two attached hydrogens (primary N) is 1. The number of morpholine rings is 1. The number of hydrogen-bond acceptors (Lipinski definition) is 5. The highest BCUT2D eigenvalue weighted by Crippen LogP contribution is 2.18. The van der Waals surface area contributed by atoms with E-state index >= 15 is 0 Å². The van der Waals surface area contributed by atoms with Crippen molar-refractivity contribution in [2.45, 2.75) is 32.4 Å². The molecule has 0 spiro atoms. The van der Waals surface area contributed by atoms with Crippen molar-refractivity contribution < 1.29 is 9.53 Å². The maximum Gasteiger partial charge on any atom is 0.273 e. The standard InChI is InChI=1S/C12H19N3O2S/c1-8-5-17-6-9(2)15(8)12(16)10-7-18-11(14-10)3-4-13/h7-9H,3-6,13H2,1-2H3. The van der Waals surface area contributed by atoms with Crippen molar-refractivity contribution in [3.8, 4) is 0 Å². The Bertz CT molecular complexity index is 411. The topological polar surface area (TPSA) is 68.5 Å². The van der Waals surface area contributed by atoms with E-state index in [0.717, 1.165) is 11.4 Å². The predicted molar refractivity (Wildman–Crippen MR) is 70.8 cm³/mol. The quantitative estimate of drug-likeness (QED) is 0.885. The minimum Gasteiger partial charge on any atom is -0.377 e. The smallest absolute Gasteiger partial charge is 0.273 e. The van der Waals surface area contributed by atoms with Gasteiger partial charge in [0, 0.05) is 11.8 Å². The summed E-state index contributed by atoms with van der Waals surface area (Å²) < 4.78 is 5.43. The molecule has 2 atom stereocenters. The Morgan fingerprint density at radius 3 is 2.83 bits per heavy atom. The Kier molecular flexibility index (Phi) is 4.31. The van der Waals surface area contributed by atoms with Gasteiger partial charge in [-0.05, 0) is 20.4 Å². The van der Waals surface area contributed by atoms with Crippen molar-refractivity contribution in [2.75, 3.05) is 19.8 Å². The molecule has 1 aromatic heterocycles. The molecule has 1 saturated heterocycles. The first kappa shape index (κ1) is 13.5. The van der Waals surface area contributed by atoms with Crippen LogP contribution < -0.4 is 5.73 Å². The third-order valence-corrected chi connectivity index (χ3v) is 3.94. The van der Waals surface area contributed by atoms with Crippen LogP contribution in [0.5, 0.6) is 0 Å². The predicted octanol–water partition coefficient (Wildman–Crippen LogP) is 0.894. The van der Waals surface area contributed by atoms with Crippen LogP contribution in [0.3, 0.4) is 0 Å². The molecular formula is C12H19N3O2S. The Balaban J connectivity index is 2.13. The number of aromatic nitrogens is 1. The molecule has 2 heterocycles. The number of carbonyl (C=O) groups excluding carboxylic acids is 1. The molecule has 1 aromatic rings. The zero-order valence-electron chi connectivity index (χ0n) is 10.8. The number of hydrogen-bond donors (Lipinski definition) is 1. The zero-order chi connectivity index (χ0) is 13.1. The molecule has 5 nitrogen and oxygen atoms in total. The van der Waals surface area contributed by atoms with E-state index in [0.29, 0.717) is 25.5 Å². The third kappa shape index (κ3) is 2.71. The van der Waals surface area contributed by atoms with Gasteiger partial charge in [-0.1, -0.05) is 0 Å². The SMILES string of the molecule is CC1COCC(C)N1C(=O)c1csc(CCN)n1. The van der Waals surface area contributed by atoms with Crippen molar-refractivity contribution in [3.05, 3.63) is 16.1 Å². The van der Waals surface area contributed by atoms with Crippen LogP contribution in [0.4, 0.5) is 0 Å². The van der Waals surface area contributed by atoms with Crippen LogP contribution in [-0.2, 0) is 11.2 Å². The van der Waals surface area contributed by atoms with Crippen LogP contribution in [0.25, 0.3) is 0 Å². The van der Waals surface area contributed by atoms with E-state index in [1.807, 2.05) is 24.1 Å². The molecule has 6 heteroatoms. The van der Waals surface area contributed by atoms with Crippen LogP contribution >= 0.6 is 11.3 Å². The van der Waals surface area contributed by atoms with Crippen LogP contribution in [0.1, 0.15) is 29.3 Å². The van der Waals surface area contributed by atoms with E-state index in [1.54, 1.807) is 0 Å². The fourth-order valence-corrected chi connectivity index (χ4v) is 2.97. The lowest BCUT2D eigenvalue weighted by atomic mass is 10.1. The Hall–Kier alpha value is -0.980. The number of carbonyl (C=O) groups is 1. The molecule has 0 radical (unpaired) electrons. The largest absolute Gasteiger partial charge is 0.377 e. The summed E-state index contributed by atoms with van der Waals surface area (Å²) in [4.78, 5) is 18.6. The summed E-state index contributed by atoms with van der Waals surface area (Å²) in [5, 5.41) is 2.75. The molecule has 100 valence electrons. The van der Waals surface area contributed by atoms with E-state index < -0.39 is 0 Å². The lowest BCUT2D eigenvalue weighted by Crippen LogP contribution is -2.52. The lowest BCUT2D eigenvalue weighted by Gasteiger charge is -2.38. The number of rotatable bonds is 3. The molecule has 1 amide bonds. The summed E-state index contributed by atoms with van der Waals surface area (Å²) in [5.41, 5.74) is 6.02. The molecule has 1 fully saturated rings. The van der Waals surface area contributed by atoms with Crippen molar-refractivity contribution >= 4 is 17.2 Å². The van der Waals surface area contributed by atoms with Crippen molar-refractivity contribution in [1.82, 2.24) is 9.88 Å². The second kappa shape index (κ2) is 5.77. The van der Waals surface area contributed by atoms with E-state index in [1.165, 1.54) is 11.3 Å². The normalized spacial score (nSPS) is 24.3. The number of ether oxygens (including phenoxy) is 1. The van der Waals surface area contributed by atoms with Gasteiger partial charge >= 0.3 is 0 Å². The van der Waals surface area contributed by atoms with E-state index in [4.69, 9.17) is 10.5 Å². The van der Waals surface area contributed by atoms with Crippen LogP contribution in [0, 0.1) is 0 Å². The van der Waals surface area contributed by atoms with Gasteiger partial charge in [0.1, 0.15) is 5.69 Å². The van der Waals surface area contributed by atoms with Gasteiger partial charge in [-0.2, -0.15) is 0 Å². The van der Waals surface area contributed by atoms with E-state index in [2.05, 4.69) is 4.98 Å². The minimum atomic E-state index is -0.00202. The van der Waals surface area contributed by atoms with Gasteiger partial charge in [0.2, 0.25) is 0 Å². The molecule has 0 bridgehead atoms. The molecule has 2 unspecified atom stereocenters. The summed E-state index contributed by atoms with van der Waals surface area (Å²) >= 11 is 1.50. The van der Waals surface area contributed by atoms with Crippen LogP contribution in [0.15, 0.2) is 5.38 Å². The summed E-state index contributed by atoms with van der Waals surface area (Å²) in [6, 6.07) is 0.196. The average molecular weight is 269 g/mol. The van der Waals surface area contributed by atoms with Crippen LogP contribution in [-0.4, -0.2) is 47.6 Å². The number of nitrogens with zero attached hydrogens (tertiary/aromatic N) is 2. The molecule has 1 aliphatic heterocycles. The molecule has 0 aromatic carbocycles. The average Bonchev–Trinajstić information content (AvgIpc) is 2.78. The maximum atomic E-state index is 12.4. The molecule has 18 heavy (non-hydrogen) atoms. The van der Waals surface area contributed by atoms with Gasteiger partial charge in [-0.15, -0.1) is 11.3 Å². The summed E-state index contributed by atoms with van der Waals surface area (Å²) in [7, 11) is 0. The molecule has 1 aliphatic rings. The highest BCUT2D eigenvalue weighted by molar-refractivity contribution is 7.09. The first-order valence-corrected chi connectivity index (χ1v) is 7.06. The monoisotopic (exact) mass is 269 g/mol. The van der Waals surface area contributed by atoms with Gasteiger partial charge in [0.25, 0.3) is 5.91 Å². The van der Waals surface area contributed by atoms with E-state index in [-0.39, 0.29) is 18.0 Å². The van der Waals surface area contributed by atoms with Gasteiger partial charge in [-0.25, -0.2) is 4.98 Å². The van der Waals surface area contributed by atoms with Gasteiger partial charge in [-0.3, -0.25) is 4.79 Å². The minimum absolute atomic E-state index is 0.00202. The summed E-state index contributed by atoms with van der Waals surface area (Å²) in [5.74, 6) is -0.00202. The van der Waals surface area contributed by atoms with Crippen LogP contribution in [0.2, 0.25) is 0 Å². The number of thiazole rings is 1. The first-order chi connectivity index (χ1) is 8.63. The van der Waals surface area contributed by atoms with E-state index in [9.17, 15) is 4.79 Å². The van der Waals surface area contributed by atoms with Crippen molar-refractivity contribution in [1.29, 1.82) is 0 Å². The summed E-state index contributed by atoms with van der Waals surface area (Å²) in [6.07, 6.45) is 0.728. The Labute approximate surface area is 111 Å². The fourth-order valence-electron chi connectivity index (χ4n) is 2.18. The highest BCUT2D eigenvalue weighted by Gasteiger charge is 2.31. The van der Waals surface area contributed by atoms with Gasteiger partial charge < -0.3 is 15.4 Å². The molecule has 2 N–H and O–H groups in total.